The van der Waals surface area contributed by atoms with Crippen LogP contribution in [0.2, 0.25) is 0 Å². The molecule has 1 aliphatic heterocycles. The predicted octanol–water partition coefficient (Wildman–Crippen LogP) is 4.87. The van der Waals surface area contributed by atoms with Gasteiger partial charge in [0.2, 0.25) is 5.95 Å². The van der Waals surface area contributed by atoms with Crippen molar-refractivity contribution in [3.63, 3.8) is 0 Å². The SMILES string of the molecule is Cc1nc(-c2ccc3ccccc3c2)sc1-c1ccnc(N2CC[C@H](N(C)C)C2)n1. The van der Waals surface area contributed by atoms with Crippen molar-refractivity contribution >= 4 is 28.1 Å². The molecule has 0 N–H and O–H groups in total. The molecule has 0 aliphatic carbocycles. The Morgan fingerprint density at radius 3 is 2.67 bits per heavy atom. The fourth-order valence-electron chi connectivity index (χ4n) is 4.05. The molecule has 4 aromatic rings. The summed E-state index contributed by atoms with van der Waals surface area (Å²) in [6.45, 7) is 4.03. The molecule has 1 atom stereocenters. The fourth-order valence-corrected chi connectivity index (χ4v) is 5.08. The number of likely N-dealkylation sites (N-methyl/N-ethyl adjacent to an activating group) is 1. The summed E-state index contributed by atoms with van der Waals surface area (Å²) in [4.78, 5) is 20.0. The molecule has 152 valence electrons. The Balaban J connectivity index is 1.46. The van der Waals surface area contributed by atoms with E-state index in [9.17, 15) is 0 Å². The molecule has 0 spiro atoms. The van der Waals surface area contributed by atoms with Crippen LogP contribution >= 0.6 is 11.3 Å². The lowest BCUT2D eigenvalue weighted by Crippen LogP contribution is -2.32. The van der Waals surface area contributed by atoms with Gasteiger partial charge in [-0.25, -0.2) is 15.0 Å². The number of thiazole rings is 1. The molecule has 0 unspecified atom stereocenters. The monoisotopic (exact) mass is 415 g/mol. The Labute approximate surface area is 181 Å². The van der Waals surface area contributed by atoms with Crippen LogP contribution in [-0.4, -0.2) is 53.1 Å². The normalized spacial score (nSPS) is 16.7. The highest BCUT2D eigenvalue weighted by atomic mass is 32.1. The van der Waals surface area contributed by atoms with E-state index in [-0.39, 0.29) is 0 Å². The zero-order valence-electron chi connectivity index (χ0n) is 17.5. The van der Waals surface area contributed by atoms with Crippen LogP contribution in [0.5, 0.6) is 0 Å². The first-order chi connectivity index (χ1) is 14.6. The molecule has 0 radical (unpaired) electrons. The maximum absolute atomic E-state index is 4.90. The molecule has 6 heteroatoms. The molecule has 5 rings (SSSR count). The van der Waals surface area contributed by atoms with E-state index < -0.39 is 0 Å². The van der Waals surface area contributed by atoms with E-state index in [2.05, 4.69) is 78.3 Å². The largest absolute Gasteiger partial charge is 0.339 e. The van der Waals surface area contributed by atoms with Crippen LogP contribution in [0.3, 0.4) is 0 Å². The van der Waals surface area contributed by atoms with E-state index in [1.54, 1.807) is 11.3 Å². The minimum Gasteiger partial charge on any atom is -0.339 e. The number of hydrogen-bond donors (Lipinski definition) is 0. The summed E-state index contributed by atoms with van der Waals surface area (Å²) in [7, 11) is 4.28. The average Bonchev–Trinajstić information content (AvgIpc) is 3.41. The molecule has 1 saturated heterocycles. The lowest BCUT2D eigenvalue weighted by molar-refractivity contribution is 0.315. The van der Waals surface area contributed by atoms with Crippen LogP contribution < -0.4 is 4.90 Å². The number of aryl methyl sites for hydroxylation is 1. The van der Waals surface area contributed by atoms with Crippen LogP contribution in [0.1, 0.15) is 12.1 Å². The topological polar surface area (TPSA) is 45.2 Å². The van der Waals surface area contributed by atoms with Crippen molar-refractivity contribution in [1.29, 1.82) is 0 Å². The Bertz CT molecular complexity index is 1200. The second-order valence-corrected chi connectivity index (χ2v) is 9.09. The molecule has 1 aliphatic rings. The molecule has 2 aromatic carbocycles. The number of hydrogen-bond acceptors (Lipinski definition) is 6. The van der Waals surface area contributed by atoms with Crippen molar-refractivity contribution < 1.29 is 0 Å². The Kier molecular flexibility index (Phi) is 4.97. The van der Waals surface area contributed by atoms with Gasteiger partial charge < -0.3 is 9.80 Å². The van der Waals surface area contributed by atoms with Gasteiger partial charge in [-0.05, 0) is 50.3 Å². The van der Waals surface area contributed by atoms with Crippen molar-refractivity contribution in [2.75, 3.05) is 32.1 Å². The first kappa shape index (κ1) is 19.2. The van der Waals surface area contributed by atoms with Gasteiger partial charge in [0, 0.05) is 30.9 Å². The van der Waals surface area contributed by atoms with E-state index in [1.807, 2.05) is 12.3 Å². The second-order valence-electron chi connectivity index (χ2n) is 8.09. The lowest BCUT2D eigenvalue weighted by atomic mass is 10.1. The summed E-state index contributed by atoms with van der Waals surface area (Å²) in [6, 6.07) is 17.5. The third-order valence-electron chi connectivity index (χ3n) is 5.85. The number of aromatic nitrogens is 3. The Morgan fingerprint density at radius 2 is 1.87 bits per heavy atom. The number of rotatable bonds is 4. The average molecular weight is 416 g/mol. The summed E-state index contributed by atoms with van der Waals surface area (Å²) >= 11 is 1.70. The smallest absolute Gasteiger partial charge is 0.225 e. The molecule has 30 heavy (non-hydrogen) atoms. The number of benzene rings is 2. The highest BCUT2D eigenvalue weighted by molar-refractivity contribution is 7.18. The van der Waals surface area contributed by atoms with E-state index in [0.29, 0.717) is 6.04 Å². The standard InChI is InChI=1S/C24H25N5S/c1-16-22(21-10-12-25-24(27-21)29-13-11-20(15-29)28(2)3)30-23(26-16)19-9-8-17-6-4-5-7-18(17)14-19/h4-10,12,14,20H,11,13,15H2,1-3H3/t20-/m0/s1. The molecule has 1 fully saturated rings. The molecule has 0 amide bonds. The van der Waals surface area contributed by atoms with Crippen molar-refractivity contribution in [2.45, 2.75) is 19.4 Å². The van der Waals surface area contributed by atoms with Gasteiger partial charge in [0.05, 0.1) is 16.3 Å². The minimum absolute atomic E-state index is 0.557. The molecular weight excluding hydrogens is 390 g/mol. The van der Waals surface area contributed by atoms with Gasteiger partial charge >= 0.3 is 0 Å². The zero-order chi connectivity index (χ0) is 20.7. The van der Waals surface area contributed by atoms with Gasteiger partial charge in [-0.1, -0.05) is 36.4 Å². The molecule has 3 heterocycles. The maximum atomic E-state index is 4.90. The van der Waals surface area contributed by atoms with Crippen molar-refractivity contribution in [3.05, 3.63) is 60.4 Å². The highest BCUT2D eigenvalue weighted by Gasteiger charge is 2.26. The molecule has 0 bridgehead atoms. The lowest BCUT2D eigenvalue weighted by Gasteiger charge is -2.20. The van der Waals surface area contributed by atoms with E-state index in [1.165, 1.54) is 10.8 Å². The van der Waals surface area contributed by atoms with E-state index in [4.69, 9.17) is 9.97 Å². The maximum Gasteiger partial charge on any atom is 0.225 e. The van der Waals surface area contributed by atoms with Crippen LogP contribution in [0.25, 0.3) is 31.9 Å². The third-order valence-corrected chi connectivity index (χ3v) is 7.07. The first-order valence-corrected chi connectivity index (χ1v) is 11.1. The predicted molar refractivity (Wildman–Crippen MR) is 125 cm³/mol. The summed E-state index contributed by atoms with van der Waals surface area (Å²) in [6.07, 6.45) is 3.02. The van der Waals surface area contributed by atoms with Crippen molar-refractivity contribution in [3.8, 4) is 21.1 Å². The molecule has 5 nitrogen and oxygen atoms in total. The van der Waals surface area contributed by atoms with Crippen LogP contribution in [0.15, 0.2) is 54.7 Å². The quantitative estimate of drug-likeness (QED) is 0.476. The number of fused-ring (bicyclic) bond motifs is 1. The van der Waals surface area contributed by atoms with Crippen LogP contribution in [0, 0.1) is 6.92 Å². The highest BCUT2D eigenvalue weighted by Crippen LogP contribution is 2.36. The van der Waals surface area contributed by atoms with E-state index in [0.717, 1.165) is 52.3 Å². The van der Waals surface area contributed by atoms with Gasteiger partial charge in [-0.3, -0.25) is 0 Å². The second kappa shape index (κ2) is 7.78. The van der Waals surface area contributed by atoms with Crippen molar-refractivity contribution in [2.24, 2.45) is 0 Å². The van der Waals surface area contributed by atoms with Crippen LogP contribution in [0.4, 0.5) is 5.95 Å². The van der Waals surface area contributed by atoms with E-state index >= 15 is 0 Å². The summed E-state index contributed by atoms with van der Waals surface area (Å²) in [5, 5.41) is 3.51. The molecule has 2 aromatic heterocycles. The Morgan fingerprint density at radius 1 is 1.03 bits per heavy atom. The van der Waals surface area contributed by atoms with Gasteiger partial charge in [-0.2, -0.15) is 0 Å². The van der Waals surface area contributed by atoms with Crippen LogP contribution in [-0.2, 0) is 0 Å². The Hall–Kier alpha value is -2.83. The summed E-state index contributed by atoms with van der Waals surface area (Å²) < 4.78 is 0. The zero-order valence-corrected chi connectivity index (χ0v) is 18.4. The van der Waals surface area contributed by atoms with Gasteiger partial charge in [-0.15, -0.1) is 11.3 Å². The first-order valence-electron chi connectivity index (χ1n) is 10.3. The van der Waals surface area contributed by atoms with Gasteiger partial charge in [0.15, 0.2) is 0 Å². The van der Waals surface area contributed by atoms with Gasteiger partial charge in [0.1, 0.15) is 5.01 Å². The summed E-state index contributed by atoms with van der Waals surface area (Å²) in [5.74, 6) is 0.817. The fraction of sp³-hybridized carbons (Fsp3) is 0.292. The van der Waals surface area contributed by atoms with Crippen molar-refractivity contribution in [1.82, 2.24) is 19.9 Å². The molecule has 0 saturated carbocycles. The van der Waals surface area contributed by atoms with Gasteiger partial charge in [0.25, 0.3) is 0 Å². The minimum atomic E-state index is 0.557. The summed E-state index contributed by atoms with van der Waals surface area (Å²) in [5.41, 5.74) is 3.12. The number of nitrogens with zero attached hydrogens (tertiary/aromatic N) is 5. The molecular formula is C24H25N5S. The number of anilines is 1. The third kappa shape index (κ3) is 3.57.